The van der Waals surface area contributed by atoms with Gasteiger partial charge in [0.1, 0.15) is 29.5 Å². The fourth-order valence-corrected chi connectivity index (χ4v) is 4.36. The number of H-pyrrole nitrogens is 1. The van der Waals surface area contributed by atoms with E-state index in [2.05, 4.69) is 20.6 Å². The van der Waals surface area contributed by atoms with E-state index in [1.807, 2.05) is 26.0 Å². The zero-order valence-corrected chi connectivity index (χ0v) is 22.4. The lowest BCUT2D eigenvalue weighted by Gasteiger charge is -2.14. The summed E-state index contributed by atoms with van der Waals surface area (Å²) in [5, 5.41) is 6.20. The molecule has 3 aromatic carbocycles. The molecule has 3 N–H and O–H groups in total. The van der Waals surface area contributed by atoms with Crippen molar-refractivity contribution in [3.05, 3.63) is 95.8 Å². The van der Waals surface area contributed by atoms with Crippen LogP contribution in [0.15, 0.2) is 77.6 Å². The molecule has 40 heavy (non-hydrogen) atoms. The fraction of sp³-hybridized carbons (Fsp3) is 0.194. The summed E-state index contributed by atoms with van der Waals surface area (Å²) in [5.41, 5.74) is 4.07. The van der Waals surface area contributed by atoms with Crippen LogP contribution in [0, 0.1) is 11.7 Å². The second-order valence-electron chi connectivity index (χ2n) is 9.78. The number of nitrogens with one attached hydrogen (secondary N) is 3. The smallest absolute Gasteiger partial charge is 0.255 e. The Morgan fingerprint density at radius 1 is 1.02 bits per heavy atom. The third-order valence-corrected chi connectivity index (χ3v) is 6.41. The third kappa shape index (κ3) is 5.58. The summed E-state index contributed by atoms with van der Waals surface area (Å²) in [6.45, 7) is 4.86. The molecule has 0 aliphatic heterocycles. The minimum atomic E-state index is -0.386. The number of hydrogen-bond acceptors (Lipinski definition) is 5. The van der Waals surface area contributed by atoms with Gasteiger partial charge in [0.15, 0.2) is 0 Å². The number of fused-ring (bicyclic) bond motifs is 1. The number of ether oxygens (including phenoxy) is 1. The van der Waals surface area contributed by atoms with E-state index in [9.17, 15) is 14.0 Å². The number of halogens is 1. The number of nitrogens with zero attached hydrogens (tertiary/aromatic N) is 1. The third-order valence-electron chi connectivity index (χ3n) is 6.41. The van der Waals surface area contributed by atoms with Crippen LogP contribution in [0.5, 0.6) is 5.75 Å². The van der Waals surface area contributed by atoms with E-state index in [-0.39, 0.29) is 24.2 Å². The highest BCUT2D eigenvalue weighted by molar-refractivity contribution is 6.12. The number of imidazole rings is 1. The molecule has 0 saturated carbocycles. The Kier molecular flexibility index (Phi) is 7.63. The van der Waals surface area contributed by atoms with E-state index in [4.69, 9.17) is 9.15 Å². The average molecular weight is 541 g/mol. The normalized spacial score (nSPS) is 11.1. The lowest BCUT2D eigenvalue weighted by Crippen LogP contribution is -2.27. The van der Waals surface area contributed by atoms with E-state index in [0.717, 1.165) is 11.3 Å². The van der Waals surface area contributed by atoms with Gasteiger partial charge in [-0.1, -0.05) is 19.9 Å². The van der Waals surface area contributed by atoms with Crippen molar-refractivity contribution in [2.75, 3.05) is 13.6 Å². The molecule has 2 heterocycles. The van der Waals surface area contributed by atoms with E-state index >= 15 is 0 Å². The van der Waals surface area contributed by atoms with Crippen molar-refractivity contribution in [2.45, 2.75) is 20.5 Å². The highest BCUT2D eigenvalue weighted by atomic mass is 19.1. The number of carbonyl (C=O) groups excluding carboxylic acids is 2. The van der Waals surface area contributed by atoms with Crippen molar-refractivity contribution in [1.82, 2.24) is 20.6 Å². The summed E-state index contributed by atoms with van der Waals surface area (Å²) < 4.78 is 25.8. The van der Waals surface area contributed by atoms with Gasteiger partial charge in [-0.05, 0) is 66.1 Å². The summed E-state index contributed by atoms with van der Waals surface area (Å²) >= 11 is 0. The Balaban J connectivity index is 1.62. The Morgan fingerprint density at radius 2 is 1.80 bits per heavy atom. The number of furan rings is 1. The van der Waals surface area contributed by atoms with Crippen LogP contribution in [-0.4, -0.2) is 35.4 Å². The van der Waals surface area contributed by atoms with Gasteiger partial charge in [0, 0.05) is 35.7 Å². The molecule has 5 rings (SSSR count). The Hall–Kier alpha value is -4.92. The number of aromatic nitrogens is 2. The van der Waals surface area contributed by atoms with Gasteiger partial charge < -0.3 is 24.8 Å². The van der Waals surface area contributed by atoms with Crippen molar-refractivity contribution in [1.29, 1.82) is 0 Å². The molecule has 0 radical (unpaired) electrons. The molecule has 0 unspecified atom stereocenters. The zero-order valence-electron chi connectivity index (χ0n) is 22.4. The molecule has 5 aromatic rings. The van der Waals surface area contributed by atoms with Crippen LogP contribution in [0.25, 0.3) is 33.4 Å². The highest BCUT2D eigenvalue weighted by Gasteiger charge is 2.23. The molecule has 0 spiro atoms. The molecular weight excluding hydrogens is 511 g/mol. The van der Waals surface area contributed by atoms with Crippen LogP contribution in [0.2, 0.25) is 0 Å². The number of carbonyl (C=O) groups is 2. The van der Waals surface area contributed by atoms with Crippen molar-refractivity contribution >= 4 is 22.8 Å². The predicted octanol–water partition coefficient (Wildman–Crippen LogP) is 5.95. The topological polar surface area (TPSA) is 109 Å². The number of aromatic amines is 1. The largest absolute Gasteiger partial charge is 0.487 e. The van der Waals surface area contributed by atoms with Gasteiger partial charge >= 0.3 is 0 Å². The molecule has 0 saturated heterocycles. The first-order valence-corrected chi connectivity index (χ1v) is 12.9. The van der Waals surface area contributed by atoms with Gasteiger partial charge in [0.2, 0.25) is 0 Å². The summed E-state index contributed by atoms with van der Waals surface area (Å²) in [7, 11) is 1.54. The Bertz CT molecular complexity index is 1660. The van der Waals surface area contributed by atoms with Gasteiger partial charge in [-0.15, -0.1) is 0 Å². The standard InChI is InChI=1S/C31H29FN4O4/c1-18(2)14-35-30(37)21-7-10-26(39-16-23-15-34-17-36-23)24(13-21)20-6-11-27-25(12-20)28(31(38)33-3)29(40-27)19-4-8-22(32)9-5-19/h4-13,15,17-18H,14,16H2,1-3H3,(H,33,38)(H,34,36)(H,35,37). The Morgan fingerprint density at radius 3 is 2.50 bits per heavy atom. The minimum Gasteiger partial charge on any atom is -0.487 e. The van der Waals surface area contributed by atoms with Crippen LogP contribution in [0.4, 0.5) is 4.39 Å². The van der Waals surface area contributed by atoms with Crippen LogP contribution in [0.3, 0.4) is 0 Å². The van der Waals surface area contributed by atoms with E-state index < -0.39 is 0 Å². The molecule has 0 bridgehead atoms. The molecule has 2 aromatic heterocycles. The minimum absolute atomic E-state index is 0.191. The van der Waals surface area contributed by atoms with E-state index in [1.54, 1.807) is 56.0 Å². The molecule has 8 nitrogen and oxygen atoms in total. The lowest BCUT2D eigenvalue weighted by molar-refractivity contribution is 0.0945. The fourth-order valence-electron chi connectivity index (χ4n) is 4.36. The summed E-state index contributed by atoms with van der Waals surface area (Å²) in [6, 6.07) is 16.5. The first-order chi connectivity index (χ1) is 19.3. The average Bonchev–Trinajstić information content (AvgIpc) is 3.62. The summed E-state index contributed by atoms with van der Waals surface area (Å²) in [4.78, 5) is 33.0. The molecule has 0 aliphatic rings. The number of amides is 2. The molecule has 0 fully saturated rings. The molecule has 204 valence electrons. The number of benzene rings is 3. The Labute approximate surface area is 230 Å². The van der Waals surface area contributed by atoms with Crippen molar-refractivity contribution < 1.29 is 23.1 Å². The number of hydrogen-bond donors (Lipinski definition) is 3. The van der Waals surface area contributed by atoms with Crippen molar-refractivity contribution in [3.63, 3.8) is 0 Å². The first-order valence-electron chi connectivity index (χ1n) is 12.9. The monoisotopic (exact) mass is 540 g/mol. The van der Waals surface area contributed by atoms with Gasteiger partial charge in [-0.25, -0.2) is 9.37 Å². The van der Waals surface area contributed by atoms with Gasteiger partial charge in [-0.2, -0.15) is 0 Å². The second kappa shape index (κ2) is 11.4. The first kappa shape index (κ1) is 26.7. The predicted molar refractivity (Wildman–Crippen MR) is 151 cm³/mol. The number of rotatable bonds is 9. The zero-order chi connectivity index (χ0) is 28.2. The molecule has 2 amide bonds. The van der Waals surface area contributed by atoms with Crippen LogP contribution < -0.4 is 15.4 Å². The van der Waals surface area contributed by atoms with E-state index in [1.165, 1.54) is 12.1 Å². The quantitative estimate of drug-likeness (QED) is 0.214. The van der Waals surface area contributed by atoms with Crippen molar-refractivity contribution in [3.8, 4) is 28.2 Å². The SMILES string of the molecule is CNC(=O)c1c(-c2ccc(F)cc2)oc2ccc(-c3cc(C(=O)NCC(C)C)ccc3OCc3cnc[nH]3)cc12. The maximum absolute atomic E-state index is 13.6. The summed E-state index contributed by atoms with van der Waals surface area (Å²) in [6.07, 6.45) is 3.26. The molecule has 0 atom stereocenters. The van der Waals surface area contributed by atoms with Gasteiger partial charge in [-0.3, -0.25) is 9.59 Å². The van der Waals surface area contributed by atoms with E-state index in [0.29, 0.717) is 57.2 Å². The van der Waals surface area contributed by atoms with Gasteiger partial charge in [0.25, 0.3) is 11.8 Å². The summed E-state index contributed by atoms with van der Waals surface area (Å²) in [5.74, 6) is 0.282. The maximum atomic E-state index is 13.6. The van der Waals surface area contributed by atoms with Crippen LogP contribution in [0.1, 0.15) is 40.3 Å². The second-order valence-corrected chi connectivity index (χ2v) is 9.78. The van der Waals surface area contributed by atoms with Gasteiger partial charge in [0.05, 0.1) is 23.8 Å². The van der Waals surface area contributed by atoms with Crippen LogP contribution >= 0.6 is 0 Å². The molecule has 9 heteroatoms. The lowest BCUT2D eigenvalue weighted by atomic mass is 9.98. The molecular formula is C31H29FN4O4. The maximum Gasteiger partial charge on any atom is 0.255 e. The highest BCUT2D eigenvalue weighted by Crippen LogP contribution is 2.38. The van der Waals surface area contributed by atoms with Crippen LogP contribution in [-0.2, 0) is 6.61 Å². The molecule has 0 aliphatic carbocycles. The van der Waals surface area contributed by atoms with Crippen molar-refractivity contribution in [2.24, 2.45) is 5.92 Å².